The molecule has 0 saturated heterocycles. The molecule has 0 spiro atoms. The first-order chi connectivity index (χ1) is 12.6. The second-order valence-corrected chi connectivity index (χ2v) is 6.68. The van der Waals surface area contributed by atoms with E-state index in [1.807, 2.05) is 44.2 Å². The zero-order valence-electron chi connectivity index (χ0n) is 15.6. The first-order valence-electron chi connectivity index (χ1n) is 9.13. The number of hydrogen-bond donors (Lipinski definition) is 2. The number of hydrogen-bond acceptors (Lipinski definition) is 2. The number of aryl methyl sites for hydroxylation is 3. The zero-order valence-corrected chi connectivity index (χ0v) is 15.6. The minimum Gasteiger partial charge on any atom is -0.335 e. The Balaban J connectivity index is 1.59. The number of carbonyl (C=O) groups excluding carboxylic acids is 1. The van der Waals surface area contributed by atoms with Gasteiger partial charge in [0.1, 0.15) is 5.82 Å². The third-order valence-electron chi connectivity index (χ3n) is 4.72. The summed E-state index contributed by atoms with van der Waals surface area (Å²) in [6.07, 6.45) is 2.71. The van der Waals surface area contributed by atoms with Gasteiger partial charge in [0.2, 0.25) is 0 Å². The number of fused-ring (bicyclic) bond motifs is 1. The van der Waals surface area contributed by atoms with Gasteiger partial charge in [0, 0.05) is 25.2 Å². The van der Waals surface area contributed by atoms with Crippen molar-refractivity contribution >= 4 is 22.8 Å². The average Bonchev–Trinajstić information content (AvgIpc) is 2.97. The number of nitrogens with zero attached hydrogens (tertiary/aromatic N) is 2. The van der Waals surface area contributed by atoms with Crippen LogP contribution in [0.2, 0.25) is 0 Å². The molecule has 136 valence electrons. The van der Waals surface area contributed by atoms with Crippen molar-refractivity contribution in [2.24, 2.45) is 7.05 Å². The Bertz CT molecular complexity index is 883. The van der Waals surface area contributed by atoms with Gasteiger partial charge in [-0.1, -0.05) is 31.2 Å². The van der Waals surface area contributed by atoms with Crippen molar-refractivity contribution in [1.29, 1.82) is 0 Å². The predicted octanol–water partition coefficient (Wildman–Crippen LogP) is 4.28. The molecule has 3 rings (SSSR count). The number of rotatable bonds is 6. The molecule has 0 bridgehead atoms. The maximum Gasteiger partial charge on any atom is 0.319 e. The average molecular weight is 350 g/mol. The lowest BCUT2D eigenvalue weighted by atomic mass is 10.1. The van der Waals surface area contributed by atoms with E-state index in [0.717, 1.165) is 41.8 Å². The summed E-state index contributed by atoms with van der Waals surface area (Å²) >= 11 is 0. The third-order valence-corrected chi connectivity index (χ3v) is 4.72. The smallest absolute Gasteiger partial charge is 0.319 e. The van der Waals surface area contributed by atoms with Crippen molar-refractivity contribution in [2.75, 3.05) is 5.32 Å². The van der Waals surface area contributed by atoms with Gasteiger partial charge < -0.3 is 15.2 Å². The molecule has 26 heavy (non-hydrogen) atoms. The Kier molecular flexibility index (Phi) is 5.56. The second-order valence-electron chi connectivity index (χ2n) is 6.68. The molecule has 2 N–H and O–H groups in total. The van der Waals surface area contributed by atoms with Crippen LogP contribution in [0, 0.1) is 0 Å². The molecular formula is C21H26N4O. The lowest BCUT2D eigenvalue weighted by Crippen LogP contribution is -2.35. The fourth-order valence-electron chi connectivity index (χ4n) is 2.92. The van der Waals surface area contributed by atoms with Crippen LogP contribution in [0.15, 0.2) is 48.5 Å². The van der Waals surface area contributed by atoms with E-state index in [-0.39, 0.29) is 12.1 Å². The van der Waals surface area contributed by atoms with Gasteiger partial charge in [-0.3, -0.25) is 0 Å². The summed E-state index contributed by atoms with van der Waals surface area (Å²) < 4.78 is 2.16. The van der Waals surface area contributed by atoms with E-state index in [4.69, 9.17) is 4.98 Å². The molecule has 0 aliphatic rings. The first kappa shape index (κ1) is 18.0. The molecule has 2 amide bonds. The maximum atomic E-state index is 11.9. The monoisotopic (exact) mass is 350 g/mol. The van der Waals surface area contributed by atoms with E-state index in [0.29, 0.717) is 0 Å². The Morgan fingerprint density at radius 1 is 1.12 bits per heavy atom. The van der Waals surface area contributed by atoms with E-state index in [9.17, 15) is 4.79 Å². The quantitative estimate of drug-likeness (QED) is 0.697. The van der Waals surface area contributed by atoms with Crippen molar-refractivity contribution in [3.63, 3.8) is 0 Å². The van der Waals surface area contributed by atoms with E-state index >= 15 is 0 Å². The number of benzene rings is 2. The summed E-state index contributed by atoms with van der Waals surface area (Å²) in [5.74, 6) is 1.08. The molecule has 3 aromatic rings. The van der Waals surface area contributed by atoms with Crippen molar-refractivity contribution < 1.29 is 4.79 Å². The molecule has 0 aliphatic heterocycles. The van der Waals surface area contributed by atoms with Crippen LogP contribution in [0.4, 0.5) is 10.5 Å². The van der Waals surface area contributed by atoms with Gasteiger partial charge >= 0.3 is 6.03 Å². The van der Waals surface area contributed by atoms with Crippen LogP contribution in [0.1, 0.15) is 31.7 Å². The summed E-state index contributed by atoms with van der Waals surface area (Å²) in [5.41, 5.74) is 4.23. The number of carbonyl (C=O) groups is 1. The van der Waals surface area contributed by atoms with Gasteiger partial charge in [-0.15, -0.1) is 0 Å². The van der Waals surface area contributed by atoms with E-state index < -0.39 is 0 Å². The van der Waals surface area contributed by atoms with Crippen molar-refractivity contribution in [3.05, 3.63) is 59.9 Å². The van der Waals surface area contributed by atoms with Crippen LogP contribution in [-0.4, -0.2) is 21.6 Å². The van der Waals surface area contributed by atoms with Gasteiger partial charge in [-0.2, -0.15) is 0 Å². The maximum absolute atomic E-state index is 11.9. The van der Waals surface area contributed by atoms with E-state index in [1.165, 1.54) is 5.56 Å². The number of imidazole rings is 1. The lowest BCUT2D eigenvalue weighted by molar-refractivity contribution is 0.249. The topological polar surface area (TPSA) is 59.0 Å². The highest BCUT2D eigenvalue weighted by atomic mass is 16.2. The second kappa shape index (κ2) is 8.04. The normalized spacial score (nSPS) is 12.1. The number of aromatic nitrogens is 2. The Morgan fingerprint density at radius 2 is 1.85 bits per heavy atom. The molecule has 0 radical (unpaired) electrons. The van der Waals surface area contributed by atoms with Gasteiger partial charge in [-0.25, -0.2) is 9.78 Å². The van der Waals surface area contributed by atoms with Crippen LogP contribution < -0.4 is 10.6 Å². The standard InChI is InChI=1S/C21H26N4O/c1-4-15(2)22-21(26)23-17-12-9-16(10-13-17)11-14-20-24-18-7-5-6-8-19(18)25(20)3/h5-10,12-13,15H,4,11,14H2,1-3H3,(H2,22,23,26). The van der Waals surface area contributed by atoms with Gasteiger partial charge in [0.15, 0.2) is 0 Å². The van der Waals surface area contributed by atoms with Crippen LogP contribution in [0.3, 0.4) is 0 Å². The van der Waals surface area contributed by atoms with Crippen LogP contribution >= 0.6 is 0 Å². The van der Waals surface area contributed by atoms with Gasteiger partial charge in [0.05, 0.1) is 11.0 Å². The Labute approximate surface area is 154 Å². The minimum atomic E-state index is -0.160. The molecule has 5 nitrogen and oxygen atoms in total. The van der Waals surface area contributed by atoms with Crippen molar-refractivity contribution in [3.8, 4) is 0 Å². The van der Waals surface area contributed by atoms with E-state index in [2.05, 4.69) is 40.4 Å². The predicted molar refractivity (Wildman–Crippen MR) is 106 cm³/mol. The largest absolute Gasteiger partial charge is 0.335 e. The molecule has 1 heterocycles. The molecule has 0 fully saturated rings. The molecule has 1 unspecified atom stereocenters. The Morgan fingerprint density at radius 3 is 2.54 bits per heavy atom. The first-order valence-corrected chi connectivity index (χ1v) is 9.13. The van der Waals surface area contributed by atoms with Crippen LogP contribution in [-0.2, 0) is 19.9 Å². The highest BCUT2D eigenvalue weighted by Gasteiger charge is 2.08. The molecule has 0 saturated carbocycles. The third kappa shape index (κ3) is 4.23. The molecule has 2 aromatic carbocycles. The van der Waals surface area contributed by atoms with Gasteiger partial charge in [0.25, 0.3) is 0 Å². The number of urea groups is 1. The fraction of sp³-hybridized carbons (Fsp3) is 0.333. The van der Waals surface area contributed by atoms with Gasteiger partial charge in [-0.05, 0) is 49.6 Å². The molecule has 1 aromatic heterocycles. The highest BCUT2D eigenvalue weighted by molar-refractivity contribution is 5.89. The number of anilines is 1. The summed E-state index contributed by atoms with van der Waals surface area (Å²) in [5, 5.41) is 5.77. The molecular weight excluding hydrogens is 324 g/mol. The van der Waals surface area contributed by atoms with Crippen molar-refractivity contribution in [2.45, 2.75) is 39.2 Å². The summed E-state index contributed by atoms with van der Waals surface area (Å²) in [4.78, 5) is 16.6. The summed E-state index contributed by atoms with van der Waals surface area (Å²) in [6.45, 7) is 4.04. The highest BCUT2D eigenvalue weighted by Crippen LogP contribution is 2.17. The number of para-hydroxylation sites is 2. The SMILES string of the molecule is CCC(C)NC(=O)Nc1ccc(CCc2nc3ccccc3n2C)cc1. The van der Waals surface area contributed by atoms with Crippen LogP contribution in [0.25, 0.3) is 11.0 Å². The molecule has 0 aliphatic carbocycles. The Hall–Kier alpha value is -2.82. The van der Waals surface area contributed by atoms with E-state index in [1.54, 1.807) is 0 Å². The minimum absolute atomic E-state index is 0.160. The number of amides is 2. The molecule has 1 atom stereocenters. The molecule has 5 heteroatoms. The fourth-order valence-corrected chi connectivity index (χ4v) is 2.92. The number of nitrogens with one attached hydrogen (secondary N) is 2. The summed E-state index contributed by atoms with van der Waals surface area (Å²) in [7, 11) is 2.06. The zero-order chi connectivity index (χ0) is 18.5. The van der Waals surface area contributed by atoms with Crippen LogP contribution in [0.5, 0.6) is 0 Å². The van der Waals surface area contributed by atoms with Crippen molar-refractivity contribution in [1.82, 2.24) is 14.9 Å². The lowest BCUT2D eigenvalue weighted by Gasteiger charge is -2.12. The summed E-state index contributed by atoms with van der Waals surface area (Å²) in [6, 6.07) is 16.2.